The van der Waals surface area contributed by atoms with E-state index < -0.39 is 11.8 Å². The lowest BCUT2D eigenvalue weighted by Crippen LogP contribution is -2.30. The summed E-state index contributed by atoms with van der Waals surface area (Å²) in [6.07, 6.45) is 1.51. The van der Waals surface area contributed by atoms with Crippen LogP contribution in [0.1, 0.15) is 21.5 Å². The van der Waals surface area contributed by atoms with E-state index in [4.69, 9.17) is 0 Å². The molecule has 0 heterocycles. The van der Waals surface area contributed by atoms with Crippen LogP contribution in [0.25, 0.3) is 6.08 Å². The number of benzene rings is 4. The van der Waals surface area contributed by atoms with Crippen molar-refractivity contribution < 1.29 is 14.0 Å². The number of hydrogen-bond donors (Lipinski definition) is 2. The van der Waals surface area contributed by atoms with Crippen LogP contribution in [0.3, 0.4) is 0 Å². The minimum absolute atomic E-state index is 0.0491. The minimum atomic E-state index is -0.483. The maximum absolute atomic E-state index is 13.3. The molecule has 0 unspecified atom stereocenters. The van der Waals surface area contributed by atoms with Crippen molar-refractivity contribution in [1.82, 2.24) is 5.32 Å². The highest BCUT2D eigenvalue weighted by Crippen LogP contribution is 2.24. The van der Waals surface area contributed by atoms with Gasteiger partial charge in [0.1, 0.15) is 11.5 Å². The van der Waals surface area contributed by atoms with E-state index in [2.05, 4.69) is 22.8 Å². The molecule has 4 nitrogen and oxygen atoms in total. The Bertz CT molecular complexity index is 1310. The van der Waals surface area contributed by atoms with E-state index in [0.717, 1.165) is 10.6 Å². The normalized spacial score (nSPS) is 11.1. The number of carbonyl (C=O) groups is 2. The molecular formula is C29H23FN2O2S. The lowest BCUT2D eigenvalue weighted by molar-refractivity contribution is -0.113. The molecule has 6 heteroatoms. The second-order valence-electron chi connectivity index (χ2n) is 7.68. The summed E-state index contributed by atoms with van der Waals surface area (Å²) in [6, 6.07) is 32.0. The molecule has 0 atom stereocenters. The lowest BCUT2D eigenvalue weighted by Gasteiger charge is -2.12. The Morgan fingerprint density at radius 1 is 0.771 bits per heavy atom. The molecule has 0 bridgehead atoms. The van der Waals surface area contributed by atoms with Crippen LogP contribution >= 0.6 is 11.8 Å². The largest absolute Gasteiger partial charge is 0.321 e. The highest BCUT2D eigenvalue weighted by molar-refractivity contribution is 7.98. The van der Waals surface area contributed by atoms with Gasteiger partial charge < -0.3 is 10.6 Å². The Kier molecular flexibility index (Phi) is 8.09. The molecule has 0 saturated heterocycles. The Morgan fingerprint density at radius 3 is 2.06 bits per heavy atom. The summed E-state index contributed by atoms with van der Waals surface area (Å²) >= 11 is 1.70. The standard InChI is InChI=1S/C29H23FN2O2S/c30-24-13-11-21(12-14-24)19-27(32-28(33)23-9-5-2-6-10-23)29(34)31-25-15-17-26(18-16-25)35-20-22-7-3-1-4-8-22/h1-19H,20H2,(H,31,34)(H,32,33)/b27-19-. The summed E-state index contributed by atoms with van der Waals surface area (Å²) in [5.41, 5.74) is 2.88. The molecule has 0 aliphatic heterocycles. The Labute approximate surface area is 207 Å². The maximum atomic E-state index is 13.3. The van der Waals surface area contributed by atoms with Gasteiger partial charge >= 0.3 is 0 Å². The van der Waals surface area contributed by atoms with Gasteiger partial charge in [0.15, 0.2) is 0 Å². The van der Waals surface area contributed by atoms with Gasteiger partial charge in [-0.05, 0) is 65.7 Å². The minimum Gasteiger partial charge on any atom is -0.321 e. The number of nitrogens with one attached hydrogen (secondary N) is 2. The zero-order chi connectivity index (χ0) is 24.5. The molecule has 0 spiro atoms. The predicted octanol–water partition coefficient (Wildman–Crippen LogP) is 6.53. The van der Waals surface area contributed by atoms with Crippen molar-refractivity contribution in [3.05, 3.63) is 137 Å². The first-order valence-corrected chi connectivity index (χ1v) is 12.0. The smallest absolute Gasteiger partial charge is 0.272 e. The summed E-state index contributed by atoms with van der Waals surface area (Å²) in [4.78, 5) is 26.8. The van der Waals surface area contributed by atoms with Crippen LogP contribution in [0.5, 0.6) is 0 Å². The molecule has 35 heavy (non-hydrogen) atoms. The van der Waals surface area contributed by atoms with Crippen LogP contribution in [0, 0.1) is 5.82 Å². The van der Waals surface area contributed by atoms with Gasteiger partial charge in [-0.3, -0.25) is 9.59 Å². The SMILES string of the molecule is O=C(Nc1ccc(SCc2ccccc2)cc1)/C(=C/c1ccc(F)cc1)NC(=O)c1ccccc1. The van der Waals surface area contributed by atoms with Crippen LogP contribution in [0.2, 0.25) is 0 Å². The van der Waals surface area contributed by atoms with Gasteiger partial charge in [-0.15, -0.1) is 11.8 Å². The van der Waals surface area contributed by atoms with Crippen LogP contribution in [0.4, 0.5) is 10.1 Å². The van der Waals surface area contributed by atoms with E-state index in [1.165, 1.54) is 35.9 Å². The number of rotatable bonds is 8. The van der Waals surface area contributed by atoms with E-state index in [1.54, 1.807) is 42.1 Å². The van der Waals surface area contributed by atoms with Gasteiger partial charge in [0.25, 0.3) is 11.8 Å². The molecule has 0 aromatic heterocycles. The topological polar surface area (TPSA) is 58.2 Å². The van der Waals surface area contributed by atoms with Crippen molar-refractivity contribution in [3.63, 3.8) is 0 Å². The van der Waals surface area contributed by atoms with Gasteiger partial charge in [0.05, 0.1) is 0 Å². The van der Waals surface area contributed by atoms with Gasteiger partial charge in [0, 0.05) is 21.9 Å². The highest BCUT2D eigenvalue weighted by Gasteiger charge is 2.15. The zero-order valence-electron chi connectivity index (χ0n) is 18.8. The molecule has 2 amide bonds. The number of halogens is 1. The summed E-state index contributed by atoms with van der Waals surface area (Å²) in [7, 11) is 0. The second-order valence-corrected chi connectivity index (χ2v) is 8.73. The van der Waals surface area contributed by atoms with E-state index in [-0.39, 0.29) is 11.5 Å². The van der Waals surface area contributed by atoms with E-state index in [0.29, 0.717) is 16.8 Å². The van der Waals surface area contributed by atoms with Crippen molar-refractivity contribution in [2.75, 3.05) is 5.32 Å². The molecule has 0 saturated carbocycles. The monoisotopic (exact) mass is 482 g/mol. The fraction of sp³-hybridized carbons (Fsp3) is 0.0345. The molecule has 0 aliphatic carbocycles. The first-order chi connectivity index (χ1) is 17.1. The third-order valence-electron chi connectivity index (χ3n) is 5.07. The van der Waals surface area contributed by atoms with Crippen LogP contribution < -0.4 is 10.6 Å². The molecule has 174 valence electrons. The fourth-order valence-electron chi connectivity index (χ4n) is 3.24. The first kappa shape index (κ1) is 24.0. The van der Waals surface area contributed by atoms with Crippen molar-refractivity contribution in [3.8, 4) is 0 Å². The molecule has 4 rings (SSSR count). The molecule has 2 N–H and O–H groups in total. The number of amides is 2. The van der Waals surface area contributed by atoms with Crippen LogP contribution in [-0.2, 0) is 10.5 Å². The number of anilines is 1. The Balaban J connectivity index is 1.47. The molecule has 0 radical (unpaired) electrons. The second kappa shape index (κ2) is 11.8. The van der Waals surface area contributed by atoms with E-state index in [1.807, 2.05) is 42.5 Å². The summed E-state index contributed by atoms with van der Waals surface area (Å²) in [5.74, 6) is -0.431. The predicted molar refractivity (Wildman–Crippen MR) is 139 cm³/mol. The lowest BCUT2D eigenvalue weighted by atomic mass is 10.1. The molecule has 0 fully saturated rings. The maximum Gasteiger partial charge on any atom is 0.272 e. The quantitative estimate of drug-likeness (QED) is 0.222. The fourth-order valence-corrected chi connectivity index (χ4v) is 4.10. The third-order valence-corrected chi connectivity index (χ3v) is 6.15. The average Bonchev–Trinajstić information content (AvgIpc) is 2.90. The summed E-state index contributed by atoms with van der Waals surface area (Å²) in [5, 5.41) is 5.50. The van der Waals surface area contributed by atoms with Crippen molar-refractivity contribution in [2.24, 2.45) is 0 Å². The van der Waals surface area contributed by atoms with Crippen molar-refractivity contribution in [1.29, 1.82) is 0 Å². The van der Waals surface area contributed by atoms with Crippen molar-refractivity contribution in [2.45, 2.75) is 10.6 Å². The Morgan fingerprint density at radius 2 is 1.40 bits per heavy atom. The van der Waals surface area contributed by atoms with Gasteiger partial charge in [0.2, 0.25) is 0 Å². The number of hydrogen-bond acceptors (Lipinski definition) is 3. The van der Waals surface area contributed by atoms with Crippen molar-refractivity contribution >= 4 is 35.3 Å². The van der Waals surface area contributed by atoms with Gasteiger partial charge in [-0.25, -0.2) is 4.39 Å². The third kappa shape index (κ3) is 7.16. The van der Waals surface area contributed by atoms with Gasteiger partial charge in [-0.2, -0.15) is 0 Å². The first-order valence-electron chi connectivity index (χ1n) is 11.0. The molecule has 0 aliphatic rings. The molecular weight excluding hydrogens is 459 g/mol. The van der Waals surface area contributed by atoms with Crippen LogP contribution in [0.15, 0.2) is 120 Å². The molecule has 4 aromatic carbocycles. The summed E-state index contributed by atoms with van der Waals surface area (Å²) < 4.78 is 13.3. The zero-order valence-corrected chi connectivity index (χ0v) is 19.6. The average molecular weight is 483 g/mol. The molecule has 4 aromatic rings. The van der Waals surface area contributed by atoms with E-state index in [9.17, 15) is 14.0 Å². The van der Waals surface area contributed by atoms with Gasteiger partial charge in [-0.1, -0.05) is 60.7 Å². The van der Waals surface area contributed by atoms with E-state index >= 15 is 0 Å². The Hall–Kier alpha value is -4.16. The van der Waals surface area contributed by atoms with Crippen LogP contribution in [-0.4, -0.2) is 11.8 Å². The highest BCUT2D eigenvalue weighted by atomic mass is 32.2. The number of carbonyl (C=O) groups excluding carboxylic acids is 2. The number of thioether (sulfide) groups is 1. The summed E-state index contributed by atoms with van der Waals surface area (Å²) in [6.45, 7) is 0.